The number of ether oxygens (including phenoxy) is 2. The molecule has 2 aliphatic rings. The molecule has 37 heavy (non-hydrogen) atoms. The molecule has 2 aliphatic heterocycles. The van der Waals surface area contributed by atoms with E-state index in [0.29, 0.717) is 36.9 Å². The summed E-state index contributed by atoms with van der Waals surface area (Å²) < 4.78 is 54.0. The molecule has 9 nitrogen and oxygen atoms in total. The Morgan fingerprint density at radius 1 is 1.11 bits per heavy atom. The maximum Gasteiger partial charge on any atom is 0.435 e. The first kappa shape index (κ1) is 23.7. The monoisotopic (exact) mass is 513 g/mol. The first-order valence-corrected chi connectivity index (χ1v) is 12.1. The minimum atomic E-state index is -4.52. The number of fused-ring (bicyclic) bond motifs is 3. The second kappa shape index (κ2) is 9.03. The lowest BCUT2D eigenvalue weighted by molar-refractivity contribution is -0.141. The SMILES string of the molecule is Cc1cc(-c2ccn3nc(Nc4cc(C(F)(F)F)nn4C)cc3c2)c(O[C@H]2C[C@H]3COC[C@@H](C2)N3)cn1. The van der Waals surface area contributed by atoms with E-state index in [1.165, 1.54) is 7.05 Å². The zero-order valence-corrected chi connectivity index (χ0v) is 20.3. The Balaban J connectivity index is 1.27. The molecule has 0 radical (unpaired) electrons. The van der Waals surface area contributed by atoms with Gasteiger partial charge in [-0.3, -0.25) is 9.67 Å². The van der Waals surface area contributed by atoms with Gasteiger partial charge in [-0.25, -0.2) is 4.52 Å². The third kappa shape index (κ3) is 4.86. The average Bonchev–Trinajstić information content (AvgIpc) is 3.42. The number of hydrogen-bond acceptors (Lipinski definition) is 7. The Morgan fingerprint density at radius 3 is 2.62 bits per heavy atom. The molecule has 0 amide bonds. The summed E-state index contributed by atoms with van der Waals surface area (Å²) in [6.45, 7) is 3.32. The van der Waals surface area contributed by atoms with E-state index in [1.54, 1.807) is 16.8 Å². The number of rotatable bonds is 5. The summed E-state index contributed by atoms with van der Waals surface area (Å²) in [5.74, 6) is 1.31. The van der Waals surface area contributed by atoms with Crippen molar-refractivity contribution in [2.45, 2.75) is 44.1 Å². The van der Waals surface area contributed by atoms with Gasteiger partial charge in [0.1, 0.15) is 17.7 Å². The second-order valence-electron chi connectivity index (χ2n) is 9.61. The number of anilines is 2. The quantitative estimate of drug-likeness (QED) is 0.415. The summed E-state index contributed by atoms with van der Waals surface area (Å²) in [6, 6.07) is 9.21. The molecule has 6 heterocycles. The summed E-state index contributed by atoms with van der Waals surface area (Å²) in [6.07, 6.45) is 0.863. The molecule has 194 valence electrons. The Kier molecular flexibility index (Phi) is 5.80. The van der Waals surface area contributed by atoms with Crippen molar-refractivity contribution >= 4 is 17.2 Å². The van der Waals surface area contributed by atoms with Crippen LogP contribution >= 0.6 is 0 Å². The van der Waals surface area contributed by atoms with Crippen LogP contribution in [0.15, 0.2) is 42.7 Å². The fourth-order valence-electron chi connectivity index (χ4n) is 5.00. The molecule has 0 aromatic carbocycles. The van der Waals surface area contributed by atoms with Gasteiger partial charge in [0.05, 0.1) is 24.9 Å². The van der Waals surface area contributed by atoms with E-state index in [2.05, 4.69) is 25.8 Å². The van der Waals surface area contributed by atoms with Gasteiger partial charge in [0.15, 0.2) is 11.5 Å². The van der Waals surface area contributed by atoms with Gasteiger partial charge in [0, 0.05) is 61.6 Å². The highest BCUT2D eigenvalue weighted by atomic mass is 19.4. The van der Waals surface area contributed by atoms with Crippen LogP contribution in [0.1, 0.15) is 24.2 Å². The van der Waals surface area contributed by atoms with Crippen LogP contribution in [0.5, 0.6) is 5.75 Å². The van der Waals surface area contributed by atoms with Crippen LogP contribution in [0, 0.1) is 6.92 Å². The van der Waals surface area contributed by atoms with Gasteiger partial charge in [-0.2, -0.15) is 23.4 Å². The van der Waals surface area contributed by atoms with E-state index in [0.717, 1.165) is 45.9 Å². The van der Waals surface area contributed by atoms with Crippen LogP contribution in [0.4, 0.5) is 24.8 Å². The van der Waals surface area contributed by atoms with Gasteiger partial charge in [0.2, 0.25) is 0 Å². The van der Waals surface area contributed by atoms with Gasteiger partial charge >= 0.3 is 6.18 Å². The van der Waals surface area contributed by atoms with Crippen molar-refractivity contribution in [1.82, 2.24) is 29.7 Å². The van der Waals surface area contributed by atoms with Crippen LogP contribution in [-0.2, 0) is 18.0 Å². The third-order valence-electron chi connectivity index (χ3n) is 6.70. The van der Waals surface area contributed by atoms with E-state index >= 15 is 0 Å². The topological polar surface area (TPSA) is 90.5 Å². The molecule has 3 atom stereocenters. The summed E-state index contributed by atoms with van der Waals surface area (Å²) in [7, 11) is 1.45. The number of nitrogens with one attached hydrogen (secondary N) is 2. The van der Waals surface area contributed by atoms with Crippen molar-refractivity contribution in [2.75, 3.05) is 18.5 Å². The van der Waals surface area contributed by atoms with Gasteiger partial charge in [-0.15, -0.1) is 0 Å². The largest absolute Gasteiger partial charge is 0.488 e. The Morgan fingerprint density at radius 2 is 1.89 bits per heavy atom. The summed E-state index contributed by atoms with van der Waals surface area (Å²) in [4.78, 5) is 4.46. The molecule has 6 rings (SSSR count). The molecule has 2 fully saturated rings. The van der Waals surface area contributed by atoms with Crippen LogP contribution in [0.25, 0.3) is 16.6 Å². The lowest BCUT2D eigenvalue weighted by atomic mass is 9.94. The molecule has 2 bridgehead atoms. The highest BCUT2D eigenvalue weighted by Crippen LogP contribution is 2.34. The van der Waals surface area contributed by atoms with Crippen molar-refractivity contribution < 1.29 is 22.6 Å². The van der Waals surface area contributed by atoms with Crippen LogP contribution in [0.3, 0.4) is 0 Å². The number of morpholine rings is 1. The van der Waals surface area contributed by atoms with Gasteiger partial charge < -0.3 is 20.1 Å². The summed E-state index contributed by atoms with van der Waals surface area (Å²) in [5.41, 5.74) is 2.52. The minimum absolute atomic E-state index is 0.0680. The maximum absolute atomic E-state index is 13.0. The summed E-state index contributed by atoms with van der Waals surface area (Å²) in [5, 5.41) is 14.5. The van der Waals surface area contributed by atoms with E-state index in [9.17, 15) is 13.2 Å². The molecule has 4 aromatic rings. The van der Waals surface area contributed by atoms with Crippen molar-refractivity contribution in [3.8, 4) is 16.9 Å². The molecule has 2 N–H and O–H groups in total. The van der Waals surface area contributed by atoms with Crippen molar-refractivity contribution in [3.05, 3.63) is 54.1 Å². The first-order valence-electron chi connectivity index (χ1n) is 12.1. The third-order valence-corrected chi connectivity index (χ3v) is 6.70. The lowest BCUT2D eigenvalue weighted by Crippen LogP contribution is -2.56. The predicted molar refractivity (Wildman–Crippen MR) is 130 cm³/mol. The van der Waals surface area contributed by atoms with Gasteiger partial charge in [-0.05, 0) is 30.7 Å². The van der Waals surface area contributed by atoms with Crippen LogP contribution in [-0.4, -0.2) is 55.8 Å². The molecular weight excluding hydrogens is 487 g/mol. The zero-order chi connectivity index (χ0) is 25.7. The van der Waals surface area contributed by atoms with E-state index < -0.39 is 11.9 Å². The van der Waals surface area contributed by atoms with Crippen molar-refractivity contribution in [3.63, 3.8) is 0 Å². The maximum atomic E-state index is 13.0. The van der Waals surface area contributed by atoms with Gasteiger partial charge in [-0.1, -0.05) is 0 Å². The van der Waals surface area contributed by atoms with E-state index in [-0.39, 0.29) is 11.9 Å². The molecule has 0 saturated carbocycles. The molecule has 12 heteroatoms. The Labute approximate surface area is 210 Å². The van der Waals surface area contributed by atoms with Gasteiger partial charge in [0.25, 0.3) is 0 Å². The fourth-order valence-corrected chi connectivity index (χ4v) is 5.00. The molecule has 2 saturated heterocycles. The van der Waals surface area contributed by atoms with E-state index in [4.69, 9.17) is 9.47 Å². The first-order chi connectivity index (χ1) is 17.7. The normalized spacial score (nSPS) is 21.8. The number of aromatic nitrogens is 5. The highest BCUT2D eigenvalue weighted by molar-refractivity contribution is 5.75. The Bertz CT molecular complexity index is 1440. The Hall–Kier alpha value is -3.64. The number of piperidine rings is 1. The minimum Gasteiger partial charge on any atom is -0.488 e. The number of hydrogen-bond donors (Lipinski definition) is 2. The lowest BCUT2D eigenvalue weighted by Gasteiger charge is -2.40. The number of nitrogens with zero attached hydrogens (tertiary/aromatic N) is 5. The summed E-state index contributed by atoms with van der Waals surface area (Å²) >= 11 is 0. The number of aryl methyl sites for hydroxylation is 2. The van der Waals surface area contributed by atoms with Crippen LogP contribution < -0.4 is 15.4 Å². The van der Waals surface area contributed by atoms with E-state index in [1.807, 2.05) is 31.3 Å². The molecule has 0 aliphatic carbocycles. The number of pyridine rings is 2. The number of halogens is 3. The molecule has 0 spiro atoms. The second-order valence-corrected chi connectivity index (χ2v) is 9.61. The smallest absolute Gasteiger partial charge is 0.435 e. The molecule has 4 aromatic heterocycles. The molecular formula is C25H26F3N7O2. The highest BCUT2D eigenvalue weighted by Gasteiger charge is 2.35. The fraction of sp³-hybridized carbons (Fsp3) is 0.400. The predicted octanol–water partition coefficient (Wildman–Crippen LogP) is 4.10. The average molecular weight is 514 g/mol. The van der Waals surface area contributed by atoms with Crippen molar-refractivity contribution in [1.29, 1.82) is 0 Å². The van der Waals surface area contributed by atoms with Crippen LogP contribution in [0.2, 0.25) is 0 Å². The number of alkyl halides is 3. The van der Waals surface area contributed by atoms with Crippen molar-refractivity contribution in [2.24, 2.45) is 7.05 Å². The molecule has 0 unspecified atom stereocenters. The zero-order valence-electron chi connectivity index (χ0n) is 20.3. The standard InChI is InChI=1S/C25H26F3N7O2/c1-14-5-20(21(11-29-14)37-19-7-16-12-36-13-17(8-19)30-16)15-3-4-35-18(6-15)9-23(33-35)31-24-10-22(25(26,27)28)32-34(24)2/h3-6,9-11,16-17,19,30H,7-8,12-13H2,1-2H3,(H,31,33)/t16-,17+,19-.